The number of amides is 2. The maximum Gasteiger partial charge on any atom is 0.407 e. The first-order chi connectivity index (χ1) is 12.2. The van der Waals surface area contributed by atoms with Gasteiger partial charge in [0, 0.05) is 12.5 Å². The molecule has 1 aliphatic rings. The van der Waals surface area contributed by atoms with E-state index < -0.39 is 30.0 Å². The third-order valence-electron chi connectivity index (χ3n) is 4.01. The van der Waals surface area contributed by atoms with Crippen LogP contribution >= 0.6 is 0 Å². The summed E-state index contributed by atoms with van der Waals surface area (Å²) in [6, 6.07) is 8.35. The van der Waals surface area contributed by atoms with E-state index in [-0.39, 0.29) is 19.1 Å². The predicted octanol–water partition coefficient (Wildman–Crippen LogP) is 3.70. The molecule has 6 nitrogen and oxygen atoms in total. The third-order valence-corrected chi connectivity index (χ3v) is 4.01. The first-order valence-electron chi connectivity index (χ1n) is 8.84. The second-order valence-electron chi connectivity index (χ2n) is 7.48. The van der Waals surface area contributed by atoms with Crippen LogP contribution < -0.4 is 10.6 Å². The van der Waals surface area contributed by atoms with E-state index in [0.717, 1.165) is 5.56 Å². The predicted molar refractivity (Wildman–Crippen MR) is 95.5 cm³/mol. The number of alkyl carbamates (subject to hydrolysis) is 2. The zero-order valence-corrected chi connectivity index (χ0v) is 15.5. The minimum Gasteiger partial charge on any atom is -0.445 e. The number of nitrogens with one attached hydrogen (secondary N) is 2. The van der Waals surface area contributed by atoms with Crippen LogP contribution in [0.25, 0.3) is 0 Å². The van der Waals surface area contributed by atoms with Crippen molar-refractivity contribution in [3.63, 3.8) is 0 Å². The van der Waals surface area contributed by atoms with Gasteiger partial charge in [0.25, 0.3) is 0 Å². The van der Waals surface area contributed by atoms with E-state index in [1.54, 1.807) is 20.8 Å². The van der Waals surface area contributed by atoms with Gasteiger partial charge in [-0.15, -0.1) is 0 Å². The van der Waals surface area contributed by atoms with Gasteiger partial charge >= 0.3 is 12.2 Å². The molecular weight excluding hydrogens is 339 g/mol. The van der Waals surface area contributed by atoms with Crippen molar-refractivity contribution in [1.29, 1.82) is 0 Å². The Morgan fingerprint density at radius 3 is 2.42 bits per heavy atom. The van der Waals surface area contributed by atoms with Gasteiger partial charge in [-0.2, -0.15) is 0 Å². The van der Waals surface area contributed by atoms with Crippen LogP contribution in [0.3, 0.4) is 0 Å². The minimum absolute atomic E-state index is 0.128. The van der Waals surface area contributed by atoms with Gasteiger partial charge < -0.3 is 20.1 Å². The molecule has 3 atom stereocenters. The molecule has 1 saturated carbocycles. The summed E-state index contributed by atoms with van der Waals surface area (Å²) in [5, 5.41) is 5.25. The molecule has 1 aromatic carbocycles. The SMILES string of the molecule is CC(C)(C)OC(=O)N[C@@H]1CC[C@@H](NC(=O)OCc2ccccc2)[C@@H](F)C1. The highest BCUT2D eigenvalue weighted by molar-refractivity contribution is 5.68. The van der Waals surface area contributed by atoms with Crippen LogP contribution in [0.2, 0.25) is 0 Å². The Labute approximate surface area is 153 Å². The zero-order valence-electron chi connectivity index (χ0n) is 15.5. The van der Waals surface area contributed by atoms with Crippen molar-refractivity contribution in [3.05, 3.63) is 35.9 Å². The van der Waals surface area contributed by atoms with Gasteiger partial charge in [0.1, 0.15) is 18.4 Å². The largest absolute Gasteiger partial charge is 0.445 e. The number of ether oxygens (including phenoxy) is 2. The lowest BCUT2D eigenvalue weighted by atomic mass is 9.89. The summed E-state index contributed by atoms with van der Waals surface area (Å²) in [5.41, 5.74) is 0.269. The van der Waals surface area contributed by atoms with E-state index in [1.165, 1.54) is 0 Å². The lowest BCUT2D eigenvalue weighted by Crippen LogP contribution is -2.50. The molecule has 2 rings (SSSR count). The Balaban J connectivity index is 1.72. The Hall–Kier alpha value is -2.31. The fraction of sp³-hybridized carbons (Fsp3) is 0.579. The topological polar surface area (TPSA) is 76.7 Å². The number of halogens is 1. The van der Waals surface area contributed by atoms with Crippen molar-refractivity contribution in [3.8, 4) is 0 Å². The van der Waals surface area contributed by atoms with Gasteiger partial charge in [0.05, 0.1) is 6.04 Å². The molecule has 1 fully saturated rings. The van der Waals surface area contributed by atoms with Crippen molar-refractivity contribution in [2.75, 3.05) is 0 Å². The first kappa shape index (κ1) is 20.0. The lowest BCUT2D eigenvalue weighted by molar-refractivity contribution is 0.0464. The van der Waals surface area contributed by atoms with Crippen LogP contribution in [0.15, 0.2) is 30.3 Å². The fourth-order valence-corrected chi connectivity index (χ4v) is 2.80. The molecule has 1 aromatic rings. The maximum atomic E-state index is 14.3. The number of carbonyl (C=O) groups excluding carboxylic acids is 2. The highest BCUT2D eigenvalue weighted by atomic mass is 19.1. The summed E-state index contributed by atoms with van der Waals surface area (Å²) in [5.74, 6) is 0. The quantitative estimate of drug-likeness (QED) is 0.852. The normalized spacial score (nSPS) is 23.0. The summed E-state index contributed by atoms with van der Waals surface area (Å²) in [6.45, 7) is 5.45. The smallest absolute Gasteiger partial charge is 0.407 e. The number of carbonyl (C=O) groups is 2. The Morgan fingerprint density at radius 1 is 1.12 bits per heavy atom. The van der Waals surface area contributed by atoms with Gasteiger partial charge in [-0.05, 0) is 39.2 Å². The second kappa shape index (κ2) is 8.87. The summed E-state index contributed by atoms with van der Waals surface area (Å²) < 4.78 is 24.6. The maximum absolute atomic E-state index is 14.3. The summed E-state index contributed by atoms with van der Waals surface area (Å²) in [6.07, 6.45) is -1.34. The van der Waals surface area contributed by atoms with Crippen molar-refractivity contribution in [2.24, 2.45) is 0 Å². The Bertz CT molecular complexity index is 603. The molecule has 0 radical (unpaired) electrons. The molecule has 26 heavy (non-hydrogen) atoms. The summed E-state index contributed by atoms with van der Waals surface area (Å²) in [7, 11) is 0. The van der Waals surface area contributed by atoms with Gasteiger partial charge in [-0.3, -0.25) is 0 Å². The lowest BCUT2D eigenvalue weighted by Gasteiger charge is -2.32. The van der Waals surface area contributed by atoms with Gasteiger partial charge in [-0.25, -0.2) is 14.0 Å². The summed E-state index contributed by atoms with van der Waals surface area (Å²) >= 11 is 0. The van der Waals surface area contributed by atoms with E-state index in [9.17, 15) is 14.0 Å². The number of hydrogen-bond acceptors (Lipinski definition) is 4. The van der Waals surface area contributed by atoms with E-state index in [1.807, 2.05) is 30.3 Å². The molecule has 144 valence electrons. The van der Waals surface area contributed by atoms with Crippen LogP contribution in [0, 0.1) is 0 Å². The standard InChI is InChI=1S/C19H27FN2O4/c1-19(2,3)26-18(24)21-14-9-10-16(15(20)11-14)22-17(23)25-12-13-7-5-4-6-8-13/h4-8,14-16H,9-12H2,1-3H3,(H,21,24)(H,22,23)/t14-,15+,16-/m1/s1. The van der Waals surface area contributed by atoms with Crippen LogP contribution in [-0.4, -0.2) is 36.0 Å². The second-order valence-corrected chi connectivity index (χ2v) is 7.48. The van der Waals surface area contributed by atoms with Crippen molar-refractivity contribution < 1.29 is 23.5 Å². The van der Waals surface area contributed by atoms with E-state index in [2.05, 4.69) is 10.6 Å². The van der Waals surface area contributed by atoms with E-state index in [4.69, 9.17) is 9.47 Å². The number of alkyl halides is 1. The van der Waals surface area contributed by atoms with E-state index >= 15 is 0 Å². The van der Waals surface area contributed by atoms with Crippen molar-refractivity contribution in [2.45, 2.75) is 70.5 Å². The zero-order chi connectivity index (χ0) is 19.2. The monoisotopic (exact) mass is 366 g/mol. The number of benzene rings is 1. The molecule has 1 aliphatic carbocycles. The highest BCUT2D eigenvalue weighted by Crippen LogP contribution is 2.22. The third kappa shape index (κ3) is 6.90. The Kier molecular flexibility index (Phi) is 6.83. The highest BCUT2D eigenvalue weighted by Gasteiger charge is 2.33. The molecule has 0 bridgehead atoms. The molecule has 2 amide bonds. The van der Waals surface area contributed by atoms with Crippen LogP contribution in [0.1, 0.15) is 45.6 Å². The first-order valence-corrected chi connectivity index (χ1v) is 8.84. The molecule has 0 heterocycles. The Morgan fingerprint density at radius 2 is 1.81 bits per heavy atom. The van der Waals surface area contributed by atoms with Crippen LogP contribution in [0.5, 0.6) is 0 Å². The molecular formula is C19H27FN2O4. The van der Waals surface area contributed by atoms with Crippen LogP contribution in [-0.2, 0) is 16.1 Å². The van der Waals surface area contributed by atoms with Gasteiger partial charge in [-0.1, -0.05) is 30.3 Å². The number of rotatable bonds is 4. The molecule has 2 N–H and O–H groups in total. The van der Waals surface area contributed by atoms with Crippen molar-refractivity contribution in [1.82, 2.24) is 10.6 Å². The molecule has 0 aromatic heterocycles. The minimum atomic E-state index is -1.26. The summed E-state index contributed by atoms with van der Waals surface area (Å²) in [4.78, 5) is 23.6. The molecule has 0 aliphatic heterocycles. The van der Waals surface area contributed by atoms with Gasteiger partial charge in [0.15, 0.2) is 0 Å². The van der Waals surface area contributed by atoms with E-state index in [0.29, 0.717) is 12.8 Å². The van der Waals surface area contributed by atoms with Crippen molar-refractivity contribution >= 4 is 12.2 Å². The van der Waals surface area contributed by atoms with Crippen LogP contribution in [0.4, 0.5) is 14.0 Å². The molecule has 7 heteroatoms. The molecule has 0 spiro atoms. The molecule has 0 unspecified atom stereocenters. The average molecular weight is 366 g/mol. The molecule has 0 saturated heterocycles. The average Bonchev–Trinajstić information content (AvgIpc) is 2.55. The fourth-order valence-electron chi connectivity index (χ4n) is 2.80. The number of hydrogen-bond donors (Lipinski definition) is 2. The van der Waals surface area contributed by atoms with Gasteiger partial charge in [0.2, 0.25) is 0 Å².